The van der Waals surface area contributed by atoms with Crippen LogP contribution in [-0.4, -0.2) is 36.9 Å². The Hall–Kier alpha value is -3.09. The van der Waals surface area contributed by atoms with E-state index in [0.29, 0.717) is 5.75 Å². The Kier molecular flexibility index (Phi) is 5.50. The van der Waals surface area contributed by atoms with E-state index in [0.717, 1.165) is 0 Å². The van der Waals surface area contributed by atoms with Crippen LogP contribution < -0.4 is 9.47 Å². The highest BCUT2D eigenvalue weighted by Crippen LogP contribution is 2.36. The van der Waals surface area contributed by atoms with Crippen LogP contribution in [0.5, 0.6) is 11.5 Å². The molecule has 138 valence electrons. The lowest BCUT2D eigenvalue weighted by molar-refractivity contribution is -0.152. The van der Waals surface area contributed by atoms with Gasteiger partial charge in [-0.3, -0.25) is 0 Å². The number of carbonyl (C=O) groups is 2. The number of carboxylic acid groups (broad SMARTS) is 1. The molecule has 0 unspecified atom stereocenters. The molecule has 0 aromatic heterocycles. The van der Waals surface area contributed by atoms with Gasteiger partial charge in [0.05, 0.1) is 19.8 Å². The molecule has 1 N–H and O–H groups in total. The number of esters is 1. The molecule has 2 aromatic rings. The van der Waals surface area contributed by atoms with E-state index < -0.39 is 23.4 Å². The van der Waals surface area contributed by atoms with Gasteiger partial charge in [0, 0.05) is 11.1 Å². The molecule has 0 fully saturated rings. The van der Waals surface area contributed by atoms with Gasteiger partial charge in [-0.05, 0) is 50.2 Å². The summed E-state index contributed by atoms with van der Waals surface area (Å²) in [5.74, 6) is -1.93. The van der Waals surface area contributed by atoms with Gasteiger partial charge in [0.25, 0.3) is 0 Å². The van der Waals surface area contributed by atoms with Crippen molar-refractivity contribution in [2.45, 2.75) is 19.4 Å². The van der Waals surface area contributed by atoms with E-state index in [1.807, 2.05) is 0 Å². The standard InChI is InChI=1S/C19H19FO6/c1-19(2,18(22)23)26-16-9-11(17(21)25-4)5-7-13(16)14-10-12(24-3)6-8-15(14)20/h5-10H,1-4H3,(H,22,23). The minimum atomic E-state index is -1.60. The topological polar surface area (TPSA) is 82.1 Å². The number of benzene rings is 2. The van der Waals surface area contributed by atoms with Crippen molar-refractivity contribution in [2.24, 2.45) is 0 Å². The molecule has 0 aliphatic heterocycles. The molecule has 2 rings (SSSR count). The summed E-state index contributed by atoms with van der Waals surface area (Å²) in [4.78, 5) is 23.2. The van der Waals surface area contributed by atoms with Crippen molar-refractivity contribution in [1.82, 2.24) is 0 Å². The number of hydrogen-bond donors (Lipinski definition) is 1. The van der Waals surface area contributed by atoms with Crippen LogP contribution in [-0.2, 0) is 9.53 Å². The fourth-order valence-corrected chi connectivity index (χ4v) is 2.23. The largest absolute Gasteiger partial charge is 0.497 e. The molecule has 0 aliphatic rings. The molecule has 0 saturated heterocycles. The van der Waals surface area contributed by atoms with Crippen LogP contribution in [0.25, 0.3) is 11.1 Å². The summed E-state index contributed by atoms with van der Waals surface area (Å²) in [6, 6.07) is 8.39. The molecule has 6 nitrogen and oxygen atoms in total. The number of aliphatic carboxylic acids is 1. The fraction of sp³-hybridized carbons (Fsp3) is 0.263. The molecular formula is C19H19FO6. The highest BCUT2D eigenvalue weighted by Gasteiger charge is 2.31. The smallest absolute Gasteiger partial charge is 0.347 e. The Bertz CT molecular complexity index is 844. The molecule has 0 bridgehead atoms. The van der Waals surface area contributed by atoms with E-state index in [2.05, 4.69) is 4.74 Å². The van der Waals surface area contributed by atoms with Crippen LogP contribution >= 0.6 is 0 Å². The first-order valence-corrected chi connectivity index (χ1v) is 7.68. The van der Waals surface area contributed by atoms with E-state index >= 15 is 0 Å². The maximum Gasteiger partial charge on any atom is 0.347 e. The van der Waals surface area contributed by atoms with E-state index in [-0.39, 0.29) is 22.4 Å². The van der Waals surface area contributed by atoms with Gasteiger partial charge >= 0.3 is 11.9 Å². The van der Waals surface area contributed by atoms with E-state index in [1.165, 1.54) is 64.5 Å². The molecule has 0 atom stereocenters. The van der Waals surface area contributed by atoms with Crippen molar-refractivity contribution in [3.05, 3.63) is 47.8 Å². The summed E-state index contributed by atoms with van der Waals surface area (Å²) >= 11 is 0. The molecule has 0 spiro atoms. The molecular weight excluding hydrogens is 343 g/mol. The first-order valence-electron chi connectivity index (χ1n) is 7.68. The Morgan fingerprint density at radius 3 is 2.31 bits per heavy atom. The molecule has 2 aromatic carbocycles. The van der Waals surface area contributed by atoms with Crippen LogP contribution in [0.1, 0.15) is 24.2 Å². The third kappa shape index (κ3) is 3.93. The maximum absolute atomic E-state index is 14.4. The number of ether oxygens (including phenoxy) is 3. The minimum Gasteiger partial charge on any atom is -0.497 e. The second-order valence-corrected chi connectivity index (χ2v) is 5.97. The van der Waals surface area contributed by atoms with Crippen LogP contribution in [0.4, 0.5) is 4.39 Å². The summed E-state index contributed by atoms with van der Waals surface area (Å²) in [7, 11) is 2.67. The normalized spacial score (nSPS) is 11.0. The number of rotatable bonds is 6. The zero-order valence-corrected chi connectivity index (χ0v) is 14.8. The Morgan fingerprint density at radius 1 is 1.04 bits per heavy atom. The van der Waals surface area contributed by atoms with E-state index in [9.17, 15) is 19.1 Å². The van der Waals surface area contributed by atoms with E-state index in [4.69, 9.17) is 9.47 Å². The quantitative estimate of drug-likeness (QED) is 0.792. The van der Waals surface area contributed by atoms with Gasteiger partial charge in [0.15, 0.2) is 5.60 Å². The van der Waals surface area contributed by atoms with Gasteiger partial charge in [-0.15, -0.1) is 0 Å². The van der Waals surface area contributed by atoms with Gasteiger partial charge in [0.2, 0.25) is 0 Å². The third-order valence-corrected chi connectivity index (χ3v) is 3.75. The van der Waals surface area contributed by atoms with Crippen LogP contribution in [0.2, 0.25) is 0 Å². The summed E-state index contributed by atoms with van der Waals surface area (Å²) in [5.41, 5.74) is -1.02. The van der Waals surface area contributed by atoms with Crippen molar-refractivity contribution < 1.29 is 33.3 Å². The Labute approximate surface area is 150 Å². The molecule has 0 aliphatic carbocycles. The van der Waals surface area contributed by atoms with Crippen molar-refractivity contribution in [3.8, 4) is 22.6 Å². The van der Waals surface area contributed by atoms with Gasteiger partial charge in [-0.25, -0.2) is 14.0 Å². The lowest BCUT2D eigenvalue weighted by Crippen LogP contribution is -2.38. The number of carbonyl (C=O) groups excluding carboxylic acids is 1. The molecule has 0 amide bonds. The van der Waals surface area contributed by atoms with Crippen molar-refractivity contribution in [2.75, 3.05) is 14.2 Å². The van der Waals surface area contributed by atoms with Crippen LogP contribution in [0, 0.1) is 5.82 Å². The number of methoxy groups -OCH3 is 2. The first kappa shape index (κ1) is 19.2. The van der Waals surface area contributed by atoms with Crippen molar-refractivity contribution in [3.63, 3.8) is 0 Å². The maximum atomic E-state index is 14.4. The van der Waals surface area contributed by atoms with Crippen LogP contribution in [0.3, 0.4) is 0 Å². The average Bonchev–Trinajstić information content (AvgIpc) is 2.61. The molecule has 7 heteroatoms. The predicted molar refractivity (Wildman–Crippen MR) is 92.1 cm³/mol. The number of halogens is 1. The molecule has 0 heterocycles. The Balaban J connectivity index is 2.65. The minimum absolute atomic E-state index is 0.0347. The highest BCUT2D eigenvalue weighted by molar-refractivity contribution is 5.91. The van der Waals surface area contributed by atoms with Crippen molar-refractivity contribution in [1.29, 1.82) is 0 Å². The second kappa shape index (κ2) is 7.43. The summed E-state index contributed by atoms with van der Waals surface area (Å²) < 4.78 is 29.8. The second-order valence-electron chi connectivity index (χ2n) is 5.97. The van der Waals surface area contributed by atoms with E-state index in [1.54, 1.807) is 0 Å². The van der Waals surface area contributed by atoms with Crippen LogP contribution in [0.15, 0.2) is 36.4 Å². The van der Waals surface area contributed by atoms with Gasteiger partial charge in [-0.1, -0.05) is 0 Å². The Morgan fingerprint density at radius 2 is 1.73 bits per heavy atom. The predicted octanol–water partition coefficient (Wildman–Crippen LogP) is 3.53. The molecule has 0 saturated carbocycles. The first-order chi connectivity index (χ1) is 12.2. The fourth-order valence-electron chi connectivity index (χ4n) is 2.23. The zero-order chi connectivity index (χ0) is 19.5. The van der Waals surface area contributed by atoms with Gasteiger partial charge < -0.3 is 19.3 Å². The summed E-state index contributed by atoms with van der Waals surface area (Å²) in [6.45, 7) is 2.71. The third-order valence-electron chi connectivity index (χ3n) is 3.75. The molecule has 26 heavy (non-hydrogen) atoms. The number of carboxylic acids is 1. The number of hydrogen-bond acceptors (Lipinski definition) is 5. The average molecular weight is 362 g/mol. The lowest BCUT2D eigenvalue weighted by Gasteiger charge is -2.24. The lowest BCUT2D eigenvalue weighted by atomic mass is 10.0. The monoisotopic (exact) mass is 362 g/mol. The van der Waals surface area contributed by atoms with Gasteiger partial charge in [0.1, 0.15) is 17.3 Å². The molecule has 0 radical (unpaired) electrons. The highest BCUT2D eigenvalue weighted by atomic mass is 19.1. The summed E-state index contributed by atoms with van der Waals surface area (Å²) in [6.07, 6.45) is 0. The SMILES string of the molecule is COC(=O)c1ccc(-c2cc(OC)ccc2F)c(OC(C)(C)C(=O)O)c1. The van der Waals surface area contributed by atoms with Crippen molar-refractivity contribution >= 4 is 11.9 Å². The summed E-state index contributed by atoms with van der Waals surface area (Å²) in [5, 5.41) is 9.31. The van der Waals surface area contributed by atoms with Gasteiger partial charge in [-0.2, -0.15) is 0 Å². The zero-order valence-electron chi connectivity index (χ0n) is 14.8.